The van der Waals surface area contributed by atoms with Crippen LogP contribution in [0.5, 0.6) is 0 Å². The number of rotatable bonds is 1. The molecule has 1 saturated carbocycles. The Morgan fingerprint density at radius 2 is 2.23 bits per heavy atom. The Labute approximate surface area is 76.7 Å². The Morgan fingerprint density at radius 1 is 1.54 bits per heavy atom. The molecule has 0 amide bonds. The van der Waals surface area contributed by atoms with E-state index in [1.54, 1.807) is 4.68 Å². The van der Waals surface area contributed by atoms with Crippen LogP contribution in [0.3, 0.4) is 0 Å². The molecule has 2 N–H and O–H groups in total. The number of aryl methyl sites for hydroxylation is 1. The van der Waals surface area contributed by atoms with E-state index in [-0.39, 0.29) is 0 Å². The molecule has 1 aliphatic heterocycles. The van der Waals surface area contributed by atoms with Crippen LogP contribution in [0.4, 0.5) is 5.82 Å². The lowest BCUT2D eigenvalue weighted by Gasteiger charge is -1.99. The van der Waals surface area contributed by atoms with Gasteiger partial charge in [0, 0.05) is 19.0 Å². The van der Waals surface area contributed by atoms with Crippen molar-refractivity contribution in [3.63, 3.8) is 0 Å². The number of nitrogens with two attached hydrogens (primary N) is 1. The van der Waals surface area contributed by atoms with Crippen molar-refractivity contribution in [3.05, 3.63) is 11.8 Å². The van der Waals surface area contributed by atoms with Gasteiger partial charge in [0.05, 0.1) is 18.9 Å². The molecule has 4 nitrogen and oxygen atoms in total. The van der Waals surface area contributed by atoms with Gasteiger partial charge in [0.25, 0.3) is 0 Å². The largest absolute Gasteiger partial charge is 0.384 e. The standard InChI is InChI=1S/C9H13N3O/c1-12-8(10)2-7(11-12)9-5-3-13-4-6(5)9/h2,5-6,9H,3-4,10H2,1H3. The van der Waals surface area contributed by atoms with Gasteiger partial charge in [-0.15, -0.1) is 0 Å². The van der Waals surface area contributed by atoms with Crippen molar-refractivity contribution in [2.24, 2.45) is 18.9 Å². The number of hydrogen-bond acceptors (Lipinski definition) is 3. The molecular formula is C9H13N3O. The number of aromatic nitrogens is 2. The summed E-state index contributed by atoms with van der Waals surface area (Å²) in [6, 6.07) is 1.99. The van der Waals surface area contributed by atoms with Crippen LogP contribution in [0.1, 0.15) is 11.6 Å². The molecule has 0 aromatic carbocycles. The lowest BCUT2D eigenvalue weighted by molar-refractivity contribution is 0.159. The van der Waals surface area contributed by atoms with Crippen LogP contribution in [0.15, 0.2) is 6.07 Å². The van der Waals surface area contributed by atoms with Gasteiger partial charge >= 0.3 is 0 Å². The van der Waals surface area contributed by atoms with Gasteiger partial charge in [-0.3, -0.25) is 4.68 Å². The third kappa shape index (κ3) is 0.920. The molecule has 13 heavy (non-hydrogen) atoms. The van der Waals surface area contributed by atoms with E-state index >= 15 is 0 Å². The summed E-state index contributed by atoms with van der Waals surface area (Å²) in [6.07, 6.45) is 0. The highest BCUT2D eigenvalue weighted by Gasteiger charge is 2.55. The van der Waals surface area contributed by atoms with Crippen LogP contribution in [-0.2, 0) is 11.8 Å². The summed E-state index contributed by atoms with van der Waals surface area (Å²) in [6.45, 7) is 1.82. The Kier molecular flexibility index (Phi) is 1.28. The van der Waals surface area contributed by atoms with Gasteiger partial charge < -0.3 is 10.5 Å². The maximum atomic E-state index is 5.73. The molecule has 1 aromatic heterocycles. The SMILES string of the molecule is Cn1nc(C2C3COCC32)cc1N. The van der Waals surface area contributed by atoms with Gasteiger partial charge in [0.2, 0.25) is 0 Å². The fraction of sp³-hybridized carbons (Fsp3) is 0.667. The fourth-order valence-electron chi connectivity index (χ4n) is 2.35. The second-order valence-corrected chi connectivity index (χ2v) is 4.01. The van der Waals surface area contributed by atoms with Crippen LogP contribution in [0.25, 0.3) is 0 Å². The first-order valence-electron chi connectivity index (χ1n) is 4.64. The van der Waals surface area contributed by atoms with Crippen molar-refractivity contribution in [3.8, 4) is 0 Å². The zero-order valence-corrected chi connectivity index (χ0v) is 7.60. The van der Waals surface area contributed by atoms with E-state index in [1.807, 2.05) is 13.1 Å². The summed E-state index contributed by atoms with van der Waals surface area (Å²) in [5.41, 5.74) is 6.88. The first-order valence-corrected chi connectivity index (χ1v) is 4.64. The van der Waals surface area contributed by atoms with Gasteiger partial charge in [0.15, 0.2) is 0 Å². The van der Waals surface area contributed by atoms with E-state index in [1.165, 1.54) is 0 Å². The molecule has 2 aliphatic rings. The van der Waals surface area contributed by atoms with E-state index in [0.717, 1.165) is 24.7 Å². The van der Waals surface area contributed by atoms with Crippen LogP contribution < -0.4 is 5.73 Å². The Balaban J connectivity index is 1.87. The summed E-state index contributed by atoms with van der Waals surface area (Å²) < 4.78 is 7.07. The molecule has 1 aromatic rings. The summed E-state index contributed by atoms with van der Waals surface area (Å²) in [5.74, 6) is 2.81. The molecule has 4 heteroatoms. The predicted octanol–water partition coefficient (Wildman–Crippen LogP) is 0.362. The fourth-order valence-corrected chi connectivity index (χ4v) is 2.35. The highest BCUT2D eigenvalue weighted by atomic mass is 16.5. The molecule has 3 rings (SSSR count). The third-order valence-corrected chi connectivity index (χ3v) is 3.23. The highest BCUT2D eigenvalue weighted by Crippen LogP contribution is 2.57. The van der Waals surface area contributed by atoms with Crippen LogP contribution in [0.2, 0.25) is 0 Å². The van der Waals surface area contributed by atoms with Gasteiger partial charge in [-0.25, -0.2) is 0 Å². The molecule has 0 spiro atoms. The molecule has 2 unspecified atom stereocenters. The Morgan fingerprint density at radius 3 is 2.77 bits per heavy atom. The molecule has 0 radical (unpaired) electrons. The minimum absolute atomic E-state index is 0.622. The smallest absolute Gasteiger partial charge is 0.121 e. The van der Waals surface area contributed by atoms with Crippen molar-refractivity contribution < 1.29 is 4.74 Å². The summed E-state index contributed by atoms with van der Waals surface area (Å²) in [4.78, 5) is 0. The predicted molar refractivity (Wildman–Crippen MR) is 48.2 cm³/mol. The monoisotopic (exact) mass is 179 g/mol. The number of nitrogens with zero attached hydrogens (tertiary/aromatic N) is 2. The van der Waals surface area contributed by atoms with E-state index in [2.05, 4.69) is 5.10 Å². The summed E-state index contributed by atoms with van der Waals surface area (Å²) in [5, 5.41) is 4.39. The molecule has 1 saturated heterocycles. The van der Waals surface area contributed by atoms with Gasteiger partial charge in [-0.1, -0.05) is 0 Å². The zero-order chi connectivity index (χ0) is 9.00. The van der Waals surface area contributed by atoms with Crippen molar-refractivity contribution >= 4 is 5.82 Å². The Hall–Kier alpha value is -1.03. The number of anilines is 1. The van der Waals surface area contributed by atoms with Crippen molar-refractivity contribution in [1.29, 1.82) is 0 Å². The van der Waals surface area contributed by atoms with E-state index in [9.17, 15) is 0 Å². The molecule has 1 aliphatic carbocycles. The molecule has 2 atom stereocenters. The number of nitrogen functional groups attached to an aromatic ring is 1. The van der Waals surface area contributed by atoms with E-state index < -0.39 is 0 Å². The Bertz CT molecular complexity index is 317. The molecule has 0 bridgehead atoms. The first kappa shape index (κ1) is 7.38. The van der Waals surface area contributed by atoms with E-state index in [0.29, 0.717) is 17.8 Å². The van der Waals surface area contributed by atoms with Crippen molar-refractivity contribution in [2.75, 3.05) is 18.9 Å². The lowest BCUT2D eigenvalue weighted by Crippen LogP contribution is -1.99. The zero-order valence-electron chi connectivity index (χ0n) is 7.60. The second kappa shape index (κ2) is 2.26. The average Bonchev–Trinajstić information content (AvgIpc) is 2.44. The van der Waals surface area contributed by atoms with Crippen molar-refractivity contribution in [1.82, 2.24) is 9.78 Å². The lowest BCUT2D eigenvalue weighted by atomic mass is 10.2. The number of fused-ring (bicyclic) bond motifs is 1. The molecular weight excluding hydrogens is 166 g/mol. The number of hydrogen-bond donors (Lipinski definition) is 1. The third-order valence-electron chi connectivity index (χ3n) is 3.23. The van der Waals surface area contributed by atoms with Crippen LogP contribution in [0, 0.1) is 11.8 Å². The van der Waals surface area contributed by atoms with Gasteiger partial charge in [-0.05, 0) is 11.8 Å². The number of ether oxygens (including phenoxy) is 1. The second-order valence-electron chi connectivity index (χ2n) is 4.01. The average molecular weight is 179 g/mol. The minimum Gasteiger partial charge on any atom is -0.384 e. The normalized spacial score (nSPS) is 36.2. The maximum Gasteiger partial charge on any atom is 0.121 e. The first-order chi connectivity index (χ1) is 6.27. The quantitative estimate of drug-likeness (QED) is 0.677. The van der Waals surface area contributed by atoms with Crippen LogP contribution >= 0.6 is 0 Å². The summed E-state index contributed by atoms with van der Waals surface area (Å²) in [7, 11) is 1.88. The van der Waals surface area contributed by atoms with Gasteiger partial charge in [0.1, 0.15) is 5.82 Å². The van der Waals surface area contributed by atoms with Crippen molar-refractivity contribution in [2.45, 2.75) is 5.92 Å². The summed E-state index contributed by atoms with van der Waals surface area (Å²) >= 11 is 0. The van der Waals surface area contributed by atoms with Crippen LogP contribution in [-0.4, -0.2) is 23.0 Å². The topological polar surface area (TPSA) is 53.1 Å². The highest BCUT2D eigenvalue weighted by molar-refractivity contribution is 5.35. The molecule has 2 fully saturated rings. The van der Waals surface area contributed by atoms with E-state index in [4.69, 9.17) is 10.5 Å². The van der Waals surface area contributed by atoms with Gasteiger partial charge in [-0.2, -0.15) is 5.10 Å². The molecule has 70 valence electrons. The minimum atomic E-state index is 0.622. The molecule has 2 heterocycles. The maximum absolute atomic E-state index is 5.73.